The van der Waals surface area contributed by atoms with Crippen LogP contribution in [-0.2, 0) is 0 Å². The van der Waals surface area contributed by atoms with Crippen molar-refractivity contribution in [1.82, 2.24) is 10.2 Å². The molecular weight excluding hydrogens is 180 g/mol. The number of hydrogen-bond donors (Lipinski definition) is 2. The molecule has 1 saturated heterocycles. The summed E-state index contributed by atoms with van der Waals surface area (Å²) in [6, 6.07) is 0.00667. The summed E-state index contributed by atoms with van der Waals surface area (Å²) < 4.78 is 0. The summed E-state index contributed by atoms with van der Waals surface area (Å²) in [6.45, 7) is 1.68. The molecule has 0 spiro atoms. The van der Waals surface area contributed by atoms with Crippen molar-refractivity contribution in [3.05, 3.63) is 0 Å². The minimum absolute atomic E-state index is 0.00667. The second-order valence-electron chi connectivity index (χ2n) is 4.33. The first-order valence-electron chi connectivity index (χ1n) is 5.45. The summed E-state index contributed by atoms with van der Waals surface area (Å²) in [4.78, 5) is 13.5. The zero-order valence-corrected chi connectivity index (χ0v) is 8.46. The number of nitrogens with one attached hydrogen (secondary N) is 1. The third kappa shape index (κ3) is 1.47. The molecule has 14 heavy (non-hydrogen) atoms. The third-order valence-corrected chi connectivity index (χ3v) is 3.48. The Hall–Kier alpha value is -0.770. The van der Waals surface area contributed by atoms with E-state index >= 15 is 0 Å². The summed E-state index contributed by atoms with van der Waals surface area (Å²) in [5, 5.41) is 12.3. The highest BCUT2D eigenvalue weighted by atomic mass is 16.3. The number of nitrogens with zero attached hydrogens (tertiary/aromatic N) is 1. The Balaban J connectivity index is 2.13. The quantitative estimate of drug-likeness (QED) is 0.686. The first-order valence-corrected chi connectivity index (χ1v) is 5.45. The van der Waals surface area contributed by atoms with Gasteiger partial charge in [0.05, 0.1) is 12.1 Å². The van der Waals surface area contributed by atoms with Gasteiger partial charge in [0.1, 0.15) is 0 Å². The fraction of sp³-hybridized carbons (Fsp3) is 0.900. The number of carbonyl (C=O) groups is 1. The topological polar surface area (TPSA) is 52.6 Å². The SMILES string of the molecule is O=C1NCCCN1C1(CO)CCCC1. The molecule has 2 fully saturated rings. The van der Waals surface area contributed by atoms with Gasteiger partial charge in [0.15, 0.2) is 0 Å². The van der Waals surface area contributed by atoms with Gasteiger partial charge in [-0.1, -0.05) is 12.8 Å². The van der Waals surface area contributed by atoms with Crippen LogP contribution in [0.5, 0.6) is 0 Å². The Labute approximate surface area is 84.3 Å². The molecule has 2 N–H and O–H groups in total. The van der Waals surface area contributed by atoms with E-state index in [1.807, 2.05) is 4.90 Å². The van der Waals surface area contributed by atoms with E-state index in [2.05, 4.69) is 5.32 Å². The van der Waals surface area contributed by atoms with Gasteiger partial charge in [0, 0.05) is 13.1 Å². The summed E-state index contributed by atoms with van der Waals surface area (Å²) in [5.74, 6) is 0. The maximum absolute atomic E-state index is 11.6. The largest absolute Gasteiger partial charge is 0.394 e. The van der Waals surface area contributed by atoms with Crippen LogP contribution in [0.3, 0.4) is 0 Å². The highest BCUT2D eigenvalue weighted by Gasteiger charge is 2.42. The lowest BCUT2D eigenvalue weighted by Crippen LogP contribution is -2.59. The van der Waals surface area contributed by atoms with Crippen molar-refractivity contribution in [2.45, 2.75) is 37.6 Å². The summed E-state index contributed by atoms with van der Waals surface area (Å²) in [6.07, 6.45) is 5.16. The van der Waals surface area contributed by atoms with Gasteiger partial charge in [0.2, 0.25) is 0 Å². The van der Waals surface area contributed by atoms with Crippen LogP contribution in [0.25, 0.3) is 0 Å². The second kappa shape index (κ2) is 3.77. The van der Waals surface area contributed by atoms with Crippen LogP contribution in [0, 0.1) is 0 Å². The van der Waals surface area contributed by atoms with Crippen LogP contribution >= 0.6 is 0 Å². The van der Waals surface area contributed by atoms with Gasteiger partial charge in [0.25, 0.3) is 0 Å². The lowest BCUT2D eigenvalue weighted by Gasteiger charge is -2.42. The molecule has 0 aromatic rings. The van der Waals surface area contributed by atoms with Gasteiger partial charge < -0.3 is 15.3 Å². The van der Waals surface area contributed by atoms with Gasteiger partial charge in [-0.25, -0.2) is 4.79 Å². The predicted octanol–water partition coefficient (Wildman–Crippen LogP) is 0.707. The van der Waals surface area contributed by atoms with Crippen molar-refractivity contribution < 1.29 is 9.90 Å². The van der Waals surface area contributed by atoms with Gasteiger partial charge in [-0.2, -0.15) is 0 Å². The smallest absolute Gasteiger partial charge is 0.317 e. The van der Waals surface area contributed by atoms with Crippen LogP contribution in [-0.4, -0.2) is 41.3 Å². The van der Waals surface area contributed by atoms with Crippen LogP contribution in [0.4, 0.5) is 4.79 Å². The second-order valence-corrected chi connectivity index (χ2v) is 4.33. The van der Waals surface area contributed by atoms with Crippen LogP contribution in [0.15, 0.2) is 0 Å². The molecule has 1 aliphatic carbocycles. The van der Waals surface area contributed by atoms with Crippen molar-refractivity contribution >= 4 is 6.03 Å². The van der Waals surface area contributed by atoms with Crippen LogP contribution in [0.2, 0.25) is 0 Å². The summed E-state index contributed by atoms with van der Waals surface area (Å²) in [5.41, 5.74) is -0.246. The first-order chi connectivity index (χ1) is 6.78. The number of rotatable bonds is 2. The Kier molecular flexibility index (Phi) is 2.63. The Morgan fingerprint density at radius 3 is 2.64 bits per heavy atom. The normalized spacial score (nSPS) is 26.4. The fourth-order valence-electron chi connectivity index (χ4n) is 2.63. The molecule has 4 heteroatoms. The number of amides is 2. The molecular formula is C10H18N2O2. The highest BCUT2D eigenvalue weighted by molar-refractivity contribution is 5.75. The van der Waals surface area contributed by atoms with E-state index in [9.17, 15) is 9.90 Å². The van der Waals surface area contributed by atoms with E-state index in [4.69, 9.17) is 0 Å². The molecule has 80 valence electrons. The standard InChI is InChI=1S/C10H18N2O2/c13-8-10(4-1-2-5-10)12-7-3-6-11-9(12)14/h13H,1-8H2,(H,11,14). The summed E-state index contributed by atoms with van der Waals surface area (Å²) >= 11 is 0. The monoisotopic (exact) mass is 198 g/mol. The maximum atomic E-state index is 11.6. The van der Waals surface area contributed by atoms with Crippen LogP contribution in [0.1, 0.15) is 32.1 Å². The number of carbonyl (C=O) groups excluding carboxylic acids is 1. The molecule has 1 saturated carbocycles. The highest BCUT2D eigenvalue weighted by Crippen LogP contribution is 2.35. The van der Waals surface area contributed by atoms with Gasteiger partial charge in [-0.3, -0.25) is 0 Å². The Morgan fingerprint density at radius 2 is 2.07 bits per heavy atom. The number of hydrogen-bond acceptors (Lipinski definition) is 2. The zero-order valence-electron chi connectivity index (χ0n) is 8.46. The van der Waals surface area contributed by atoms with Crippen molar-refractivity contribution in [1.29, 1.82) is 0 Å². The molecule has 2 rings (SSSR count). The minimum Gasteiger partial charge on any atom is -0.394 e. The average Bonchev–Trinajstić information content (AvgIpc) is 2.68. The van der Waals surface area contributed by atoms with Crippen molar-refractivity contribution in [2.75, 3.05) is 19.7 Å². The molecule has 0 atom stereocenters. The molecule has 2 aliphatic rings. The van der Waals surface area contributed by atoms with E-state index in [1.54, 1.807) is 0 Å². The van der Waals surface area contributed by atoms with Gasteiger partial charge >= 0.3 is 6.03 Å². The third-order valence-electron chi connectivity index (χ3n) is 3.48. The number of aliphatic hydroxyl groups is 1. The van der Waals surface area contributed by atoms with Crippen molar-refractivity contribution in [3.8, 4) is 0 Å². The van der Waals surface area contributed by atoms with Crippen molar-refractivity contribution in [2.24, 2.45) is 0 Å². The molecule has 0 unspecified atom stereocenters. The predicted molar refractivity (Wildman–Crippen MR) is 53.0 cm³/mol. The molecule has 4 nitrogen and oxygen atoms in total. The Bertz CT molecular complexity index is 224. The Morgan fingerprint density at radius 1 is 1.36 bits per heavy atom. The molecule has 0 bridgehead atoms. The van der Waals surface area contributed by atoms with Gasteiger partial charge in [-0.15, -0.1) is 0 Å². The molecule has 1 heterocycles. The molecule has 0 aromatic carbocycles. The van der Waals surface area contributed by atoms with E-state index in [-0.39, 0.29) is 18.2 Å². The van der Waals surface area contributed by atoms with E-state index < -0.39 is 0 Å². The first kappa shape index (κ1) is 9.77. The summed E-state index contributed by atoms with van der Waals surface area (Å²) in [7, 11) is 0. The van der Waals surface area contributed by atoms with Crippen LogP contribution < -0.4 is 5.32 Å². The minimum atomic E-state index is -0.246. The fourth-order valence-corrected chi connectivity index (χ4v) is 2.63. The molecule has 0 aromatic heterocycles. The maximum Gasteiger partial charge on any atom is 0.317 e. The molecule has 0 radical (unpaired) electrons. The van der Waals surface area contributed by atoms with E-state index in [0.29, 0.717) is 0 Å². The lowest BCUT2D eigenvalue weighted by molar-refractivity contribution is 0.0511. The number of urea groups is 1. The lowest BCUT2D eigenvalue weighted by atomic mass is 9.95. The van der Waals surface area contributed by atoms with E-state index in [1.165, 1.54) is 0 Å². The molecule has 2 amide bonds. The average molecular weight is 198 g/mol. The molecule has 1 aliphatic heterocycles. The van der Waals surface area contributed by atoms with Crippen molar-refractivity contribution in [3.63, 3.8) is 0 Å². The zero-order chi connectivity index (χ0) is 10.0. The van der Waals surface area contributed by atoms with E-state index in [0.717, 1.165) is 45.2 Å². The van der Waals surface area contributed by atoms with Gasteiger partial charge in [-0.05, 0) is 19.3 Å². The number of aliphatic hydroxyl groups excluding tert-OH is 1.